The normalized spacial score (nSPS) is 17.9. The fraction of sp³-hybridized carbons (Fsp3) is 0.386. The lowest BCUT2D eigenvalue weighted by Gasteiger charge is -2.27. The Kier molecular flexibility index (Phi) is 16.7. The third-order valence-electron chi connectivity index (χ3n) is 14.6. The summed E-state index contributed by atoms with van der Waals surface area (Å²) in [5, 5.41) is 5.35. The first-order valence-electron chi connectivity index (χ1n) is 26.3. The summed E-state index contributed by atoms with van der Waals surface area (Å²) in [5.41, 5.74) is 6.46. The van der Waals surface area contributed by atoms with E-state index < -0.39 is 45.2 Å². The third-order valence-corrected chi connectivity index (χ3v) is 15.7. The molecule has 0 bridgehead atoms. The van der Waals surface area contributed by atoms with Crippen LogP contribution >= 0.6 is 0 Å². The number of amides is 4. The number of nitrogens with zero attached hydrogens (tertiary/aromatic N) is 4. The van der Waals surface area contributed by atoms with Gasteiger partial charge < -0.3 is 63.3 Å². The molecule has 80 heavy (non-hydrogen) atoms. The zero-order valence-electron chi connectivity index (χ0n) is 44.5. The Morgan fingerprint density at radius 1 is 0.675 bits per heavy atom. The van der Waals surface area contributed by atoms with Gasteiger partial charge in [-0.05, 0) is 84.0 Å². The fourth-order valence-electron chi connectivity index (χ4n) is 10.8. The number of para-hydroxylation sites is 2. The van der Waals surface area contributed by atoms with E-state index in [1.807, 2.05) is 58.3 Å². The molecule has 0 radical (unpaired) electrons. The highest BCUT2D eigenvalue weighted by Crippen LogP contribution is 2.44. The van der Waals surface area contributed by atoms with Gasteiger partial charge in [0.25, 0.3) is 33.7 Å². The van der Waals surface area contributed by atoms with Gasteiger partial charge in [0.05, 0.1) is 81.8 Å². The highest BCUT2D eigenvalue weighted by atomic mass is 32.2. The van der Waals surface area contributed by atoms with Crippen molar-refractivity contribution in [1.82, 2.24) is 5.06 Å². The largest absolute Gasteiger partial charge is 0.493 e. The van der Waals surface area contributed by atoms with Crippen molar-refractivity contribution in [3.63, 3.8) is 0 Å². The van der Waals surface area contributed by atoms with Crippen LogP contribution in [0.1, 0.15) is 68.7 Å². The van der Waals surface area contributed by atoms with Gasteiger partial charge in [-0.25, -0.2) is 4.79 Å². The lowest BCUT2D eigenvalue weighted by atomic mass is 10.1. The second-order valence-electron chi connectivity index (χ2n) is 19.7. The number of benzene rings is 5. The fourth-order valence-corrected chi connectivity index (χ4v) is 11.6. The van der Waals surface area contributed by atoms with Crippen LogP contribution in [0.4, 0.5) is 28.4 Å². The van der Waals surface area contributed by atoms with Gasteiger partial charge in [0, 0.05) is 75.2 Å². The molecule has 0 saturated carbocycles. The minimum absolute atomic E-state index is 0.00849. The Morgan fingerprint density at radius 2 is 1.25 bits per heavy atom. The summed E-state index contributed by atoms with van der Waals surface area (Å²) < 4.78 is 78.1. The molecule has 5 aliphatic heterocycles. The predicted octanol–water partition coefficient (Wildman–Crippen LogP) is 5.94. The minimum Gasteiger partial charge on any atom is -0.493 e. The molecular weight excluding hydrogens is 1060 g/mol. The lowest BCUT2D eigenvalue weighted by molar-refractivity contribution is -0.197. The Bertz CT molecular complexity index is 3290. The number of hydrogen-bond acceptors (Lipinski definition) is 18. The average molecular weight is 1120 g/mol. The van der Waals surface area contributed by atoms with Crippen molar-refractivity contribution >= 4 is 68.2 Å². The molecule has 5 aromatic rings. The molecule has 23 heteroatoms. The van der Waals surface area contributed by atoms with Gasteiger partial charge >= 0.3 is 5.97 Å². The SMILES string of the molecule is COCCOCCOCCN(CCCC(=O)ON1C(=O)CCC1=O)c1cc(COc2cc3c(cc2OC)C(=O)N2c4ccccc4C[C@H]2CN3)cc(COc2cc3c(cc2OC)C(=O)N2c4ccccc4C[C@H]2C(S(=O)(=O)O)N3)c1. The van der Waals surface area contributed by atoms with E-state index in [2.05, 4.69) is 10.6 Å². The minimum atomic E-state index is -4.77. The number of hydrogen-bond donors (Lipinski definition) is 3. The number of ether oxygens (including phenoxy) is 7. The molecule has 1 saturated heterocycles. The van der Waals surface area contributed by atoms with Crippen LogP contribution in [-0.2, 0) is 69.6 Å². The van der Waals surface area contributed by atoms with Gasteiger partial charge in [-0.3, -0.25) is 23.7 Å². The number of carbonyl (C=O) groups excluding carboxylic acids is 5. The molecule has 0 aromatic heterocycles. The second kappa shape index (κ2) is 24.2. The summed E-state index contributed by atoms with van der Waals surface area (Å²) in [5.74, 6) is -1.53. The van der Waals surface area contributed by atoms with Crippen LogP contribution in [-0.4, -0.2) is 139 Å². The van der Waals surface area contributed by atoms with Crippen LogP contribution in [0.2, 0.25) is 0 Å². The van der Waals surface area contributed by atoms with E-state index in [-0.39, 0.29) is 93.2 Å². The topological polar surface area (TPSA) is 251 Å². The standard InChI is InChI=1S/C57H62N6O16S/c1-72-19-20-76-22-21-75-18-17-60(16-8-13-54(66)79-63-52(64)14-15-53(63)65)39-24-35(33-77-50-30-43-41(28-48(50)73-2)56(67)61-40(32-58-43)26-37-9-4-6-11-45(37)61)23-36(25-39)34-78-51-31-44-42(29-49(51)74-3)57(68)62-46-12-7-5-10-38(46)27-47(62)55(59-44)80(69,70)71/h4-7,9-12,23-25,28-31,40,47,55,58-59H,8,13-22,26-27,32-34H2,1-3H3,(H,69,70,71)/t40-,47-,55?/m0/s1. The zero-order chi connectivity index (χ0) is 56.1. The third kappa shape index (κ3) is 11.8. The summed E-state index contributed by atoms with van der Waals surface area (Å²) in [6, 6.07) is 26.0. The number of nitrogens with one attached hydrogen (secondary N) is 2. The van der Waals surface area contributed by atoms with Crippen LogP contribution < -0.4 is 44.3 Å². The Hall–Kier alpha value is -7.96. The van der Waals surface area contributed by atoms with E-state index in [4.69, 9.17) is 38.0 Å². The van der Waals surface area contributed by atoms with E-state index in [1.54, 1.807) is 37.4 Å². The van der Waals surface area contributed by atoms with Crippen LogP contribution in [0, 0.1) is 0 Å². The van der Waals surface area contributed by atoms with Gasteiger partial charge in [0.15, 0.2) is 28.4 Å². The monoisotopic (exact) mass is 1120 g/mol. The average Bonchev–Trinajstić information content (AvgIpc) is 3.96. The zero-order valence-corrected chi connectivity index (χ0v) is 45.3. The van der Waals surface area contributed by atoms with Gasteiger partial charge in [-0.1, -0.05) is 36.4 Å². The first-order valence-corrected chi connectivity index (χ1v) is 27.8. The number of rotatable bonds is 24. The molecule has 0 aliphatic carbocycles. The van der Waals surface area contributed by atoms with Crippen LogP contribution in [0.15, 0.2) is 91.0 Å². The summed E-state index contributed by atoms with van der Waals surface area (Å²) in [6.45, 7) is 2.73. The molecular formula is C57H62N6O16S. The smallest absolute Gasteiger partial charge is 0.333 e. The number of imide groups is 1. The highest BCUT2D eigenvalue weighted by Gasteiger charge is 2.47. The highest BCUT2D eigenvalue weighted by molar-refractivity contribution is 7.86. The van der Waals surface area contributed by atoms with Crippen molar-refractivity contribution in [3.8, 4) is 23.0 Å². The summed E-state index contributed by atoms with van der Waals surface area (Å²) >= 11 is 0. The van der Waals surface area contributed by atoms with E-state index in [0.29, 0.717) is 96.3 Å². The number of methoxy groups -OCH3 is 3. The maximum absolute atomic E-state index is 14.4. The quantitative estimate of drug-likeness (QED) is 0.0367. The molecule has 1 fully saturated rings. The summed E-state index contributed by atoms with van der Waals surface area (Å²) in [7, 11) is -0.265. The Labute approximate surface area is 462 Å². The molecule has 0 spiro atoms. The van der Waals surface area contributed by atoms with Crippen molar-refractivity contribution < 1.29 is 74.9 Å². The molecule has 22 nitrogen and oxygen atoms in total. The number of anilines is 5. The van der Waals surface area contributed by atoms with Crippen LogP contribution in [0.5, 0.6) is 23.0 Å². The first-order chi connectivity index (χ1) is 38.7. The van der Waals surface area contributed by atoms with Gasteiger partial charge in [0.2, 0.25) is 0 Å². The van der Waals surface area contributed by atoms with Gasteiger partial charge in [0.1, 0.15) is 13.2 Å². The molecule has 3 atom stereocenters. The van der Waals surface area contributed by atoms with E-state index in [1.165, 1.54) is 31.3 Å². The lowest BCUT2D eigenvalue weighted by Crippen LogP contribution is -2.49. The van der Waals surface area contributed by atoms with E-state index in [9.17, 15) is 36.9 Å². The molecule has 5 aliphatic rings. The van der Waals surface area contributed by atoms with Crippen molar-refractivity contribution in [3.05, 3.63) is 124 Å². The van der Waals surface area contributed by atoms with Crippen LogP contribution in [0.3, 0.4) is 0 Å². The summed E-state index contributed by atoms with van der Waals surface area (Å²) in [4.78, 5) is 76.5. The van der Waals surface area contributed by atoms with Crippen molar-refractivity contribution in [1.29, 1.82) is 0 Å². The van der Waals surface area contributed by atoms with E-state index >= 15 is 0 Å². The molecule has 5 heterocycles. The van der Waals surface area contributed by atoms with Gasteiger partial charge in [-0.15, -0.1) is 5.06 Å². The maximum Gasteiger partial charge on any atom is 0.333 e. The molecule has 4 amide bonds. The Balaban J connectivity index is 0.947. The van der Waals surface area contributed by atoms with Crippen LogP contribution in [0.25, 0.3) is 0 Å². The molecule has 422 valence electrons. The molecule has 3 N–H and O–H groups in total. The molecule has 1 unspecified atom stereocenters. The number of fused-ring (bicyclic) bond motifs is 8. The maximum atomic E-state index is 14.4. The van der Waals surface area contributed by atoms with Crippen molar-refractivity contribution in [2.45, 2.75) is 69.2 Å². The Morgan fingerprint density at radius 3 is 1.89 bits per heavy atom. The molecule has 10 rings (SSSR count). The second-order valence-corrected chi connectivity index (χ2v) is 21.3. The van der Waals surface area contributed by atoms with Gasteiger partial charge in [-0.2, -0.15) is 8.42 Å². The summed E-state index contributed by atoms with van der Waals surface area (Å²) in [6.07, 6.45) is 0.938. The number of hydroxylamine groups is 2. The van der Waals surface area contributed by atoms with Crippen molar-refractivity contribution in [2.75, 3.05) is 99.3 Å². The molecule has 5 aromatic carbocycles. The van der Waals surface area contributed by atoms with E-state index in [0.717, 1.165) is 16.8 Å². The number of carbonyl (C=O) groups is 5. The predicted molar refractivity (Wildman–Crippen MR) is 292 cm³/mol. The first kappa shape index (κ1) is 55.4. The van der Waals surface area contributed by atoms with Crippen molar-refractivity contribution in [2.24, 2.45) is 0 Å².